The Morgan fingerprint density at radius 2 is 1.78 bits per heavy atom. The molecule has 0 radical (unpaired) electrons. The van der Waals surface area contributed by atoms with E-state index in [4.69, 9.17) is 4.74 Å². The van der Waals surface area contributed by atoms with Crippen LogP contribution in [0.15, 0.2) is 58.2 Å². The second-order valence-electron chi connectivity index (χ2n) is 6.63. The zero-order valence-corrected chi connectivity index (χ0v) is 16.3. The maximum absolute atomic E-state index is 12.5. The van der Waals surface area contributed by atoms with Gasteiger partial charge in [0.15, 0.2) is 0 Å². The van der Waals surface area contributed by atoms with E-state index in [1.54, 1.807) is 55.6 Å². The quantitative estimate of drug-likeness (QED) is 0.681. The number of pyridine rings is 1. The van der Waals surface area contributed by atoms with Crippen LogP contribution in [0, 0.1) is 0 Å². The van der Waals surface area contributed by atoms with Gasteiger partial charge in [-0.2, -0.15) is 0 Å². The van der Waals surface area contributed by atoms with Crippen LogP contribution in [0.4, 0.5) is 0 Å². The van der Waals surface area contributed by atoms with Crippen molar-refractivity contribution in [3.05, 3.63) is 70.0 Å². The van der Waals surface area contributed by atoms with Crippen LogP contribution in [0.5, 0.6) is 5.75 Å². The molecule has 3 aromatic rings. The number of methoxy groups -OCH3 is 1. The number of aromatic amines is 1. The highest BCUT2D eigenvalue weighted by Crippen LogP contribution is 2.20. The number of aromatic nitrogens is 1. The van der Waals surface area contributed by atoms with Crippen molar-refractivity contribution in [3.8, 4) is 5.75 Å². The molecule has 1 heterocycles. The minimum absolute atomic E-state index is 0.100. The van der Waals surface area contributed by atoms with Gasteiger partial charge in [0.25, 0.3) is 5.56 Å². The molecule has 2 aromatic carbocycles. The molecule has 0 spiro atoms. The Morgan fingerprint density at radius 3 is 2.41 bits per heavy atom. The number of benzene rings is 2. The summed E-state index contributed by atoms with van der Waals surface area (Å²) in [4.78, 5) is 15.2. The van der Waals surface area contributed by atoms with Gasteiger partial charge in [-0.1, -0.05) is 26.0 Å². The topological polar surface area (TPSA) is 88.3 Å². The van der Waals surface area contributed by atoms with Crippen molar-refractivity contribution in [2.45, 2.75) is 31.2 Å². The molecule has 0 unspecified atom stereocenters. The molecule has 0 saturated heterocycles. The van der Waals surface area contributed by atoms with E-state index in [-0.39, 0.29) is 17.0 Å². The minimum Gasteiger partial charge on any atom is -0.497 e. The first-order chi connectivity index (χ1) is 12.8. The van der Waals surface area contributed by atoms with Crippen LogP contribution in [-0.4, -0.2) is 20.5 Å². The summed E-state index contributed by atoms with van der Waals surface area (Å²) >= 11 is 0. The Kier molecular flexibility index (Phi) is 5.34. The van der Waals surface area contributed by atoms with Gasteiger partial charge >= 0.3 is 0 Å². The van der Waals surface area contributed by atoms with Gasteiger partial charge < -0.3 is 9.72 Å². The molecule has 0 aliphatic rings. The molecule has 0 amide bonds. The number of H-pyrrole nitrogens is 1. The zero-order chi connectivity index (χ0) is 19.6. The van der Waals surface area contributed by atoms with Gasteiger partial charge in [-0.3, -0.25) is 4.79 Å². The number of rotatable bonds is 6. The van der Waals surface area contributed by atoms with Crippen molar-refractivity contribution < 1.29 is 13.2 Å². The van der Waals surface area contributed by atoms with Crippen molar-refractivity contribution in [2.24, 2.45) is 0 Å². The second-order valence-corrected chi connectivity index (χ2v) is 8.39. The van der Waals surface area contributed by atoms with E-state index in [0.29, 0.717) is 22.7 Å². The van der Waals surface area contributed by atoms with Crippen LogP contribution in [0.25, 0.3) is 10.9 Å². The molecule has 2 N–H and O–H groups in total. The minimum atomic E-state index is -3.71. The lowest BCUT2D eigenvalue weighted by molar-refractivity contribution is 0.415. The molecule has 0 atom stereocenters. The van der Waals surface area contributed by atoms with Crippen LogP contribution in [-0.2, 0) is 16.6 Å². The first-order valence-electron chi connectivity index (χ1n) is 8.60. The number of sulfonamides is 1. The van der Waals surface area contributed by atoms with Gasteiger partial charge in [0, 0.05) is 23.0 Å². The molecule has 0 aliphatic heterocycles. The molecular formula is C20H22N2O4S. The van der Waals surface area contributed by atoms with Crippen LogP contribution < -0.4 is 15.0 Å². The van der Waals surface area contributed by atoms with E-state index < -0.39 is 10.0 Å². The first-order valence-corrected chi connectivity index (χ1v) is 10.1. The Balaban J connectivity index is 1.84. The standard InChI is InChI=1S/C20H22N2O4S/c1-13(2)14-4-7-18(8-5-14)27(24,25)21-12-16-10-15-11-17(26-3)6-9-19(15)22-20(16)23/h4-11,13,21H,12H2,1-3H3,(H,22,23). The molecule has 0 bridgehead atoms. The van der Waals surface area contributed by atoms with Crippen LogP contribution >= 0.6 is 0 Å². The fraction of sp³-hybridized carbons (Fsp3) is 0.250. The molecule has 27 heavy (non-hydrogen) atoms. The summed E-state index contributed by atoms with van der Waals surface area (Å²) in [7, 11) is -2.15. The molecule has 0 fully saturated rings. The third kappa shape index (κ3) is 4.20. The number of hydrogen-bond donors (Lipinski definition) is 2. The number of hydrogen-bond acceptors (Lipinski definition) is 4. The summed E-state index contributed by atoms with van der Waals surface area (Å²) in [5.41, 5.74) is 1.73. The predicted octanol–water partition coefficient (Wildman–Crippen LogP) is 3.14. The lowest BCUT2D eigenvalue weighted by Gasteiger charge is -2.10. The maximum atomic E-state index is 12.5. The summed E-state index contributed by atoms with van der Waals surface area (Å²) in [6, 6.07) is 13.7. The van der Waals surface area contributed by atoms with Crippen molar-refractivity contribution >= 4 is 20.9 Å². The first kappa shape index (κ1) is 19.1. The summed E-state index contributed by atoms with van der Waals surface area (Å²) in [6.45, 7) is 3.99. The Hall–Kier alpha value is -2.64. The summed E-state index contributed by atoms with van der Waals surface area (Å²) in [6.07, 6.45) is 0. The highest BCUT2D eigenvalue weighted by atomic mass is 32.2. The number of nitrogens with one attached hydrogen (secondary N) is 2. The molecule has 7 heteroatoms. The van der Waals surface area contributed by atoms with Crippen molar-refractivity contribution in [2.75, 3.05) is 7.11 Å². The Bertz CT molecular complexity index is 1120. The molecule has 0 aliphatic carbocycles. The smallest absolute Gasteiger partial charge is 0.252 e. The molecule has 3 rings (SSSR count). The third-order valence-corrected chi connectivity index (χ3v) is 5.86. The van der Waals surface area contributed by atoms with E-state index in [0.717, 1.165) is 10.9 Å². The highest BCUT2D eigenvalue weighted by molar-refractivity contribution is 7.89. The summed E-state index contributed by atoms with van der Waals surface area (Å²) < 4.78 is 32.7. The largest absolute Gasteiger partial charge is 0.497 e. The van der Waals surface area contributed by atoms with E-state index in [1.165, 1.54) is 0 Å². The van der Waals surface area contributed by atoms with Gasteiger partial charge in [-0.15, -0.1) is 0 Å². The van der Waals surface area contributed by atoms with Gasteiger partial charge in [-0.05, 0) is 47.9 Å². The average Bonchev–Trinajstić information content (AvgIpc) is 2.66. The van der Waals surface area contributed by atoms with Crippen molar-refractivity contribution in [1.29, 1.82) is 0 Å². The normalized spacial score (nSPS) is 11.9. The van der Waals surface area contributed by atoms with Gasteiger partial charge in [-0.25, -0.2) is 13.1 Å². The lowest BCUT2D eigenvalue weighted by Crippen LogP contribution is -2.27. The number of ether oxygens (including phenoxy) is 1. The van der Waals surface area contributed by atoms with E-state index in [2.05, 4.69) is 9.71 Å². The highest BCUT2D eigenvalue weighted by Gasteiger charge is 2.15. The van der Waals surface area contributed by atoms with Gasteiger partial charge in [0.2, 0.25) is 10.0 Å². The average molecular weight is 386 g/mol. The van der Waals surface area contributed by atoms with Crippen LogP contribution in [0.1, 0.15) is 30.9 Å². The zero-order valence-electron chi connectivity index (χ0n) is 15.4. The van der Waals surface area contributed by atoms with Crippen molar-refractivity contribution in [3.63, 3.8) is 0 Å². The van der Waals surface area contributed by atoms with E-state index in [9.17, 15) is 13.2 Å². The van der Waals surface area contributed by atoms with Crippen molar-refractivity contribution in [1.82, 2.24) is 9.71 Å². The van der Waals surface area contributed by atoms with E-state index >= 15 is 0 Å². The van der Waals surface area contributed by atoms with E-state index in [1.807, 2.05) is 13.8 Å². The predicted molar refractivity (Wildman–Crippen MR) is 106 cm³/mol. The monoisotopic (exact) mass is 386 g/mol. The molecular weight excluding hydrogens is 364 g/mol. The summed E-state index contributed by atoms with van der Waals surface area (Å²) in [5.74, 6) is 0.981. The van der Waals surface area contributed by atoms with Crippen LogP contribution in [0.3, 0.4) is 0 Å². The maximum Gasteiger partial charge on any atom is 0.252 e. The van der Waals surface area contributed by atoms with Gasteiger partial charge in [0.05, 0.1) is 12.0 Å². The molecule has 142 valence electrons. The number of fused-ring (bicyclic) bond motifs is 1. The second kappa shape index (κ2) is 7.54. The third-order valence-electron chi connectivity index (χ3n) is 4.44. The van der Waals surface area contributed by atoms with Gasteiger partial charge in [0.1, 0.15) is 5.75 Å². The lowest BCUT2D eigenvalue weighted by atomic mass is 10.0. The fourth-order valence-corrected chi connectivity index (χ4v) is 3.78. The summed E-state index contributed by atoms with van der Waals surface area (Å²) in [5, 5.41) is 0.768. The Morgan fingerprint density at radius 1 is 1.07 bits per heavy atom. The molecule has 1 aromatic heterocycles. The molecule has 0 saturated carbocycles. The SMILES string of the molecule is COc1ccc2[nH]c(=O)c(CNS(=O)(=O)c3ccc(C(C)C)cc3)cc2c1. The fourth-order valence-electron chi connectivity index (χ4n) is 2.78. The Labute approximate surface area is 158 Å². The van der Waals surface area contributed by atoms with Crippen LogP contribution in [0.2, 0.25) is 0 Å². The molecule has 6 nitrogen and oxygen atoms in total.